The monoisotopic (exact) mass is 272 g/mol. The van der Waals surface area contributed by atoms with Crippen molar-refractivity contribution in [2.45, 2.75) is 58.5 Å². The molecule has 0 N–H and O–H groups in total. The molecule has 3 atom stereocenters. The first-order chi connectivity index (χ1) is 9.33. The summed E-state index contributed by atoms with van der Waals surface area (Å²) >= 11 is 0. The number of carbonyl (C=O) groups is 1. The topological polar surface area (TPSA) is 26.3 Å². The summed E-state index contributed by atoms with van der Waals surface area (Å²) < 4.78 is 5.69. The molecule has 2 aliphatic carbocycles. The third kappa shape index (κ3) is 1.48. The van der Waals surface area contributed by atoms with Crippen LogP contribution < -0.4 is 0 Å². The molecule has 0 aliphatic heterocycles. The molecule has 2 aliphatic rings. The minimum atomic E-state index is -0.150. The molecule has 0 aromatic heterocycles. The first kappa shape index (κ1) is 13.7. The van der Waals surface area contributed by atoms with Gasteiger partial charge in [-0.2, -0.15) is 0 Å². The Labute approximate surface area is 121 Å². The summed E-state index contributed by atoms with van der Waals surface area (Å²) in [6, 6.07) is 10.8. The van der Waals surface area contributed by atoms with Crippen LogP contribution in [0.1, 0.15) is 52.5 Å². The van der Waals surface area contributed by atoms with Crippen molar-refractivity contribution in [3.05, 3.63) is 35.9 Å². The lowest BCUT2D eigenvalue weighted by molar-refractivity contribution is -0.154. The molecule has 0 spiro atoms. The Hall–Kier alpha value is -1.31. The second-order valence-corrected chi connectivity index (χ2v) is 7.29. The molecule has 0 heterocycles. The summed E-state index contributed by atoms with van der Waals surface area (Å²) in [6.07, 6.45) is 3.33. The third-order valence-corrected chi connectivity index (χ3v) is 6.57. The molecule has 0 radical (unpaired) electrons. The average molecular weight is 272 g/mol. The van der Waals surface area contributed by atoms with E-state index in [1.54, 1.807) is 0 Å². The van der Waals surface area contributed by atoms with Crippen molar-refractivity contribution < 1.29 is 9.53 Å². The summed E-state index contributed by atoms with van der Waals surface area (Å²) in [4.78, 5) is 11.4. The van der Waals surface area contributed by atoms with Crippen molar-refractivity contribution in [1.29, 1.82) is 0 Å². The fourth-order valence-electron chi connectivity index (χ4n) is 4.86. The molecule has 3 rings (SSSR count). The molecule has 0 amide bonds. The lowest BCUT2D eigenvalue weighted by Gasteiger charge is -2.41. The zero-order valence-electron chi connectivity index (χ0n) is 12.9. The minimum Gasteiger partial charge on any atom is -0.462 e. The first-order valence-electron chi connectivity index (χ1n) is 7.56. The molecular weight excluding hydrogens is 248 g/mol. The highest BCUT2D eigenvalue weighted by Gasteiger charge is 2.70. The van der Waals surface area contributed by atoms with Gasteiger partial charge in [0.1, 0.15) is 6.10 Å². The molecule has 2 nitrogen and oxygen atoms in total. The predicted octanol–water partition coefficient (Wildman–Crippen LogP) is 4.09. The smallest absolute Gasteiger partial charge is 0.302 e. The number of esters is 1. The lowest BCUT2D eigenvalue weighted by Crippen LogP contribution is -2.39. The summed E-state index contributed by atoms with van der Waals surface area (Å²) in [5.41, 5.74) is 1.77. The number of ether oxygens (including phenoxy) is 1. The second-order valence-electron chi connectivity index (χ2n) is 7.29. The van der Waals surface area contributed by atoms with E-state index in [-0.39, 0.29) is 28.3 Å². The third-order valence-electron chi connectivity index (χ3n) is 6.57. The summed E-state index contributed by atoms with van der Waals surface area (Å²) in [7, 11) is 0. The Morgan fingerprint density at radius 1 is 1.15 bits per heavy atom. The van der Waals surface area contributed by atoms with E-state index in [1.165, 1.54) is 18.9 Å². The Morgan fingerprint density at radius 3 is 2.40 bits per heavy atom. The number of fused-ring (bicyclic) bond motifs is 2. The maximum Gasteiger partial charge on any atom is 0.302 e. The summed E-state index contributed by atoms with van der Waals surface area (Å²) in [5.74, 6) is -0.150. The van der Waals surface area contributed by atoms with E-state index >= 15 is 0 Å². The molecule has 0 saturated heterocycles. The Balaban J connectivity index is 2.07. The molecule has 1 aromatic carbocycles. The van der Waals surface area contributed by atoms with Crippen molar-refractivity contribution in [1.82, 2.24) is 0 Å². The van der Waals surface area contributed by atoms with Gasteiger partial charge in [-0.25, -0.2) is 0 Å². The number of hydrogen-bond donors (Lipinski definition) is 0. The zero-order chi connectivity index (χ0) is 14.6. The quantitative estimate of drug-likeness (QED) is 0.758. The minimum absolute atomic E-state index is 0.0453. The SMILES string of the molecule is CC(=O)OC1CC2(c3ccccc3)CCC1(C)C2(C)C. The zero-order valence-corrected chi connectivity index (χ0v) is 12.9. The van der Waals surface area contributed by atoms with E-state index in [0.29, 0.717) is 0 Å². The van der Waals surface area contributed by atoms with E-state index in [2.05, 4.69) is 51.1 Å². The normalized spacial score (nSPS) is 37.9. The van der Waals surface area contributed by atoms with Crippen molar-refractivity contribution >= 4 is 5.97 Å². The number of carbonyl (C=O) groups excluding carboxylic acids is 1. The van der Waals surface area contributed by atoms with Gasteiger partial charge < -0.3 is 4.74 Å². The maximum atomic E-state index is 11.4. The molecule has 2 saturated carbocycles. The van der Waals surface area contributed by atoms with E-state index in [0.717, 1.165) is 12.8 Å². The Kier molecular flexibility index (Phi) is 2.80. The summed E-state index contributed by atoms with van der Waals surface area (Å²) in [6.45, 7) is 8.54. The molecule has 2 heteroatoms. The molecular formula is C18H24O2. The Morgan fingerprint density at radius 2 is 1.80 bits per heavy atom. The van der Waals surface area contributed by atoms with Crippen LogP contribution in [-0.2, 0) is 14.9 Å². The van der Waals surface area contributed by atoms with Gasteiger partial charge in [0.25, 0.3) is 0 Å². The number of hydrogen-bond acceptors (Lipinski definition) is 2. The highest BCUT2D eigenvalue weighted by Crippen LogP contribution is 2.73. The van der Waals surface area contributed by atoms with E-state index in [4.69, 9.17) is 4.74 Å². The van der Waals surface area contributed by atoms with Gasteiger partial charge >= 0.3 is 5.97 Å². The van der Waals surface area contributed by atoms with Crippen LogP contribution in [0.5, 0.6) is 0 Å². The largest absolute Gasteiger partial charge is 0.462 e. The fraction of sp³-hybridized carbons (Fsp3) is 0.611. The van der Waals surface area contributed by atoms with Gasteiger partial charge in [-0.1, -0.05) is 51.1 Å². The Bertz CT molecular complexity index is 534. The average Bonchev–Trinajstić information content (AvgIpc) is 2.70. The van der Waals surface area contributed by atoms with Crippen molar-refractivity contribution in [3.63, 3.8) is 0 Å². The summed E-state index contributed by atoms with van der Waals surface area (Å²) in [5, 5.41) is 0. The van der Waals surface area contributed by atoms with Crippen LogP contribution in [0.2, 0.25) is 0 Å². The fourth-order valence-corrected chi connectivity index (χ4v) is 4.86. The van der Waals surface area contributed by atoms with E-state index in [9.17, 15) is 4.79 Å². The van der Waals surface area contributed by atoms with Crippen LogP contribution in [0.15, 0.2) is 30.3 Å². The van der Waals surface area contributed by atoms with E-state index < -0.39 is 0 Å². The van der Waals surface area contributed by atoms with Gasteiger partial charge in [-0.15, -0.1) is 0 Å². The number of benzene rings is 1. The standard InChI is InChI=1S/C18H24O2/c1-13(19)20-15-12-18(14-8-6-5-7-9-14)11-10-17(15,4)16(18,2)3/h5-9,15H,10-12H2,1-4H3. The van der Waals surface area contributed by atoms with Gasteiger partial charge in [0.05, 0.1) is 0 Å². The van der Waals surface area contributed by atoms with Crippen LogP contribution in [-0.4, -0.2) is 12.1 Å². The molecule has 20 heavy (non-hydrogen) atoms. The van der Waals surface area contributed by atoms with Crippen LogP contribution in [0.25, 0.3) is 0 Å². The lowest BCUT2D eigenvalue weighted by atomic mass is 9.62. The van der Waals surface area contributed by atoms with Gasteiger partial charge in [0, 0.05) is 17.8 Å². The van der Waals surface area contributed by atoms with Gasteiger partial charge in [-0.05, 0) is 30.2 Å². The van der Waals surface area contributed by atoms with Crippen LogP contribution in [0.4, 0.5) is 0 Å². The van der Waals surface area contributed by atoms with Crippen molar-refractivity contribution in [3.8, 4) is 0 Å². The van der Waals surface area contributed by atoms with Crippen LogP contribution >= 0.6 is 0 Å². The molecule has 3 unspecified atom stereocenters. The van der Waals surface area contributed by atoms with Gasteiger partial charge in [0.15, 0.2) is 0 Å². The van der Waals surface area contributed by atoms with Crippen molar-refractivity contribution in [2.75, 3.05) is 0 Å². The van der Waals surface area contributed by atoms with Gasteiger partial charge in [0.2, 0.25) is 0 Å². The number of rotatable bonds is 2. The van der Waals surface area contributed by atoms with Crippen LogP contribution in [0.3, 0.4) is 0 Å². The molecule has 1 aromatic rings. The molecule has 108 valence electrons. The van der Waals surface area contributed by atoms with Gasteiger partial charge in [-0.3, -0.25) is 4.79 Å². The molecule has 2 fully saturated rings. The second kappa shape index (κ2) is 4.09. The predicted molar refractivity (Wildman–Crippen MR) is 79.4 cm³/mol. The van der Waals surface area contributed by atoms with Crippen LogP contribution in [0, 0.1) is 10.8 Å². The van der Waals surface area contributed by atoms with Crippen molar-refractivity contribution in [2.24, 2.45) is 10.8 Å². The molecule has 2 bridgehead atoms. The highest BCUT2D eigenvalue weighted by atomic mass is 16.5. The first-order valence-corrected chi connectivity index (χ1v) is 7.56. The maximum absolute atomic E-state index is 11.4. The van der Waals surface area contributed by atoms with E-state index in [1.807, 2.05) is 0 Å². The highest BCUT2D eigenvalue weighted by molar-refractivity contribution is 5.66.